The number of hydrogen-bond acceptors (Lipinski definition) is 4. The van der Waals surface area contributed by atoms with Gasteiger partial charge >= 0.3 is 0 Å². The van der Waals surface area contributed by atoms with Crippen LogP contribution in [-0.4, -0.2) is 12.7 Å². The van der Waals surface area contributed by atoms with Gasteiger partial charge in [0, 0.05) is 12.1 Å². The van der Waals surface area contributed by atoms with Crippen molar-refractivity contribution in [3.63, 3.8) is 0 Å². The average Bonchev–Trinajstić information content (AvgIpc) is 3.20. The topological polar surface area (TPSA) is 56.8 Å². The number of anilines is 1. The molecule has 142 valence electrons. The molecule has 1 aliphatic heterocycles. The first kappa shape index (κ1) is 17.9. The zero-order valence-electron chi connectivity index (χ0n) is 15.4. The molecule has 0 unspecified atom stereocenters. The van der Waals surface area contributed by atoms with Gasteiger partial charge in [0.05, 0.1) is 0 Å². The average molecular weight is 375 g/mol. The molecule has 0 aliphatic carbocycles. The van der Waals surface area contributed by atoms with E-state index in [1.807, 2.05) is 72.8 Å². The first-order valence-corrected chi connectivity index (χ1v) is 9.21. The summed E-state index contributed by atoms with van der Waals surface area (Å²) in [6.45, 7) is 0.770. The fraction of sp³-hybridized carbons (Fsp3) is 0.174. The van der Waals surface area contributed by atoms with Gasteiger partial charge in [0.2, 0.25) is 12.7 Å². The maximum atomic E-state index is 12.2. The number of amides is 1. The first-order valence-electron chi connectivity index (χ1n) is 9.21. The second kappa shape index (κ2) is 8.48. The lowest BCUT2D eigenvalue weighted by Crippen LogP contribution is -2.12. The highest BCUT2D eigenvalue weighted by Crippen LogP contribution is 2.32. The lowest BCUT2D eigenvalue weighted by Gasteiger charge is -2.09. The highest BCUT2D eigenvalue weighted by Gasteiger charge is 2.13. The molecule has 0 fully saturated rings. The molecular formula is C23H21NO4. The van der Waals surface area contributed by atoms with Gasteiger partial charge in [-0.2, -0.15) is 0 Å². The standard InChI is InChI=1S/C23H21NO4/c25-23(13-7-17-6-12-21-22(14-17)28-16-27-21)24-19-8-10-20(11-9-19)26-15-18-4-2-1-3-5-18/h1-6,8-12,14H,7,13,15-16H2,(H,24,25). The summed E-state index contributed by atoms with van der Waals surface area (Å²) in [6.07, 6.45) is 1.03. The number of fused-ring (bicyclic) bond motifs is 1. The number of aryl methyl sites for hydroxylation is 1. The van der Waals surface area contributed by atoms with Crippen LogP contribution >= 0.6 is 0 Å². The van der Waals surface area contributed by atoms with E-state index in [9.17, 15) is 4.79 Å². The maximum absolute atomic E-state index is 12.2. The van der Waals surface area contributed by atoms with E-state index in [1.54, 1.807) is 0 Å². The van der Waals surface area contributed by atoms with E-state index in [-0.39, 0.29) is 12.7 Å². The van der Waals surface area contributed by atoms with E-state index in [0.29, 0.717) is 19.4 Å². The Morgan fingerprint density at radius 3 is 2.50 bits per heavy atom. The molecule has 0 saturated carbocycles. The molecular weight excluding hydrogens is 354 g/mol. The highest BCUT2D eigenvalue weighted by atomic mass is 16.7. The van der Waals surface area contributed by atoms with E-state index in [1.165, 1.54) is 0 Å². The normalized spacial score (nSPS) is 11.9. The Morgan fingerprint density at radius 2 is 1.68 bits per heavy atom. The zero-order valence-corrected chi connectivity index (χ0v) is 15.4. The SMILES string of the molecule is O=C(CCc1ccc2c(c1)OCO2)Nc1ccc(OCc2ccccc2)cc1. The van der Waals surface area contributed by atoms with E-state index >= 15 is 0 Å². The fourth-order valence-corrected chi connectivity index (χ4v) is 2.95. The lowest BCUT2D eigenvalue weighted by molar-refractivity contribution is -0.116. The number of nitrogens with one attached hydrogen (secondary N) is 1. The van der Waals surface area contributed by atoms with Crippen LogP contribution in [0.3, 0.4) is 0 Å². The van der Waals surface area contributed by atoms with Crippen LogP contribution in [0, 0.1) is 0 Å². The molecule has 0 spiro atoms. The fourth-order valence-electron chi connectivity index (χ4n) is 2.95. The van der Waals surface area contributed by atoms with Crippen molar-refractivity contribution in [2.45, 2.75) is 19.4 Å². The molecule has 3 aromatic rings. The Morgan fingerprint density at radius 1 is 0.893 bits per heavy atom. The van der Waals surface area contributed by atoms with Crippen molar-refractivity contribution in [2.24, 2.45) is 0 Å². The Hall–Kier alpha value is -3.47. The predicted octanol–water partition coefficient (Wildman–Crippen LogP) is 4.57. The largest absolute Gasteiger partial charge is 0.489 e. The molecule has 0 saturated heterocycles. The molecule has 3 aromatic carbocycles. The van der Waals surface area contributed by atoms with Crippen molar-refractivity contribution in [2.75, 3.05) is 12.1 Å². The highest BCUT2D eigenvalue weighted by molar-refractivity contribution is 5.90. The Labute approximate surface area is 163 Å². The minimum absolute atomic E-state index is 0.0318. The first-order chi connectivity index (χ1) is 13.8. The van der Waals surface area contributed by atoms with Crippen LogP contribution in [0.25, 0.3) is 0 Å². The summed E-state index contributed by atoms with van der Waals surface area (Å²) < 4.78 is 16.4. The summed E-state index contributed by atoms with van der Waals surface area (Å²) in [5.41, 5.74) is 2.91. The van der Waals surface area contributed by atoms with Crippen molar-refractivity contribution >= 4 is 11.6 Å². The van der Waals surface area contributed by atoms with Gasteiger partial charge in [0.25, 0.3) is 0 Å². The van der Waals surface area contributed by atoms with Crippen molar-refractivity contribution < 1.29 is 19.0 Å². The molecule has 0 bridgehead atoms. The number of ether oxygens (including phenoxy) is 3. The molecule has 5 heteroatoms. The van der Waals surface area contributed by atoms with Crippen molar-refractivity contribution in [3.8, 4) is 17.2 Å². The van der Waals surface area contributed by atoms with Crippen LogP contribution in [0.15, 0.2) is 72.8 Å². The molecule has 4 rings (SSSR count). The third-order valence-corrected chi connectivity index (χ3v) is 4.46. The van der Waals surface area contributed by atoms with Crippen LogP contribution in [-0.2, 0) is 17.8 Å². The molecule has 28 heavy (non-hydrogen) atoms. The van der Waals surface area contributed by atoms with Gasteiger partial charge in [0.15, 0.2) is 11.5 Å². The quantitative estimate of drug-likeness (QED) is 0.657. The monoisotopic (exact) mass is 375 g/mol. The third-order valence-electron chi connectivity index (χ3n) is 4.46. The molecule has 1 amide bonds. The van der Waals surface area contributed by atoms with E-state index in [2.05, 4.69) is 5.32 Å². The molecule has 1 aliphatic rings. The van der Waals surface area contributed by atoms with Gasteiger partial charge in [-0.15, -0.1) is 0 Å². The van der Waals surface area contributed by atoms with Gasteiger partial charge in [-0.1, -0.05) is 36.4 Å². The second-order valence-corrected chi connectivity index (χ2v) is 6.53. The number of benzene rings is 3. The van der Waals surface area contributed by atoms with Gasteiger partial charge in [-0.05, 0) is 53.9 Å². The number of rotatable bonds is 7. The molecule has 1 heterocycles. The van der Waals surface area contributed by atoms with Crippen LogP contribution in [0.1, 0.15) is 17.5 Å². The summed E-state index contributed by atoms with van der Waals surface area (Å²) in [5.74, 6) is 2.23. The van der Waals surface area contributed by atoms with Crippen LogP contribution in [0.5, 0.6) is 17.2 Å². The van der Waals surface area contributed by atoms with Gasteiger partial charge in [-0.25, -0.2) is 0 Å². The second-order valence-electron chi connectivity index (χ2n) is 6.53. The Kier molecular flexibility index (Phi) is 5.43. The zero-order chi connectivity index (χ0) is 19.2. The van der Waals surface area contributed by atoms with Crippen LogP contribution in [0.4, 0.5) is 5.69 Å². The van der Waals surface area contributed by atoms with Crippen molar-refractivity contribution in [1.29, 1.82) is 0 Å². The van der Waals surface area contributed by atoms with Crippen LogP contribution < -0.4 is 19.5 Å². The minimum Gasteiger partial charge on any atom is -0.489 e. The Bertz CT molecular complexity index is 939. The van der Waals surface area contributed by atoms with Gasteiger partial charge in [0.1, 0.15) is 12.4 Å². The van der Waals surface area contributed by atoms with Crippen molar-refractivity contribution in [3.05, 3.63) is 83.9 Å². The van der Waals surface area contributed by atoms with E-state index in [0.717, 1.165) is 34.1 Å². The Balaban J connectivity index is 1.25. The third kappa shape index (κ3) is 4.62. The van der Waals surface area contributed by atoms with Crippen LogP contribution in [0.2, 0.25) is 0 Å². The van der Waals surface area contributed by atoms with Crippen molar-refractivity contribution in [1.82, 2.24) is 0 Å². The molecule has 0 aromatic heterocycles. The van der Waals surface area contributed by atoms with Gasteiger partial charge in [-0.3, -0.25) is 4.79 Å². The number of hydrogen-bond donors (Lipinski definition) is 1. The molecule has 5 nitrogen and oxygen atoms in total. The predicted molar refractivity (Wildman–Crippen MR) is 107 cm³/mol. The summed E-state index contributed by atoms with van der Waals surface area (Å²) in [7, 11) is 0. The summed E-state index contributed by atoms with van der Waals surface area (Å²) >= 11 is 0. The van der Waals surface area contributed by atoms with E-state index in [4.69, 9.17) is 14.2 Å². The molecule has 0 atom stereocenters. The summed E-state index contributed by atoms with van der Waals surface area (Å²) in [5, 5.41) is 2.92. The number of carbonyl (C=O) groups is 1. The van der Waals surface area contributed by atoms with E-state index < -0.39 is 0 Å². The number of carbonyl (C=O) groups excluding carboxylic acids is 1. The summed E-state index contributed by atoms with van der Waals surface area (Å²) in [4.78, 5) is 12.2. The van der Waals surface area contributed by atoms with Gasteiger partial charge < -0.3 is 19.5 Å². The minimum atomic E-state index is -0.0318. The molecule has 0 radical (unpaired) electrons. The smallest absolute Gasteiger partial charge is 0.231 e. The lowest BCUT2D eigenvalue weighted by atomic mass is 10.1. The maximum Gasteiger partial charge on any atom is 0.231 e. The summed E-state index contributed by atoms with van der Waals surface area (Å²) in [6, 6.07) is 23.2. The molecule has 1 N–H and O–H groups in total.